The van der Waals surface area contributed by atoms with Gasteiger partial charge in [0.1, 0.15) is 12.4 Å². The molecule has 0 spiro atoms. The van der Waals surface area contributed by atoms with Crippen molar-refractivity contribution in [1.29, 1.82) is 0 Å². The molecular weight excluding hydrogens is 563 g/mol. The fraction of sp³-hybridized carbons (Fsp3) is 0.212. The normalized spacial score (nSPS) is 14.9. The van der Waals surface area contributed by atoms with Gasteiger partial charge in [-0.15, -0.1) is 23.1 Å². The molecule has 1 atom stereocenters. The minimum Gasteiger partial charge on any atom is -0.350 e. The van der Waals surface area contributed by atoms with E-state index < -0.39 is 0 Å². The predicted octanol–water partition coefficient (Wildman–Crippen LogP) is 6.41. The summed E-state index contributed by atoms with van der Waals surface area (Å²) in [7, 11) is 0. The maximum absolute atomic E-state index is 13.9. The number of thioether (sulfide) groups is 1. The molecule has 1 aliphatic rings. The van der Waals surface area contributed by atoms with Crippen molar-refractivity contribution >= 4 is 40.7 Å². The predicted molar refractivity (Wildman–Crippen MR) is 170 cm³/mol. The molecule has 42 heavy (non-hydrogen) atoms. The van der Waals surface area contributed by atoms with E-state index in [1.807, 2.05) is 41.1 Å². The Bertz CT molecular complexity index is 1750. The maximum Gasteiger partial charge on any atom is 0.240 e. The molecule has 3 aromatic heterocycles. The van der Waals surface area contributed by atoms with Crippen LogP contribution in [0.3, 0.4) is 0 Å². The summed E-state index contributed by atoms with van der Waals surface area (Å²) >= 11 is 3.29. The molecule has 0 saturated heterocycles. The quantitative estimate of drug-likeness (QED) is 0.236. The molecule has 0 saturated carbocycles. The highest BCUT2D eigenvalue weighted by molar-refractivity contribution is 8.00. The van der Waals surface area contributed by atoms with Crippen molar-refractivity contribution in [3.63, 3.8) is 0 Å². The molecular formula is C33H31N5O2S2. The second kappa shape index (κ2) is 12.0. The number of amides is 2. The van der Waals surface area contributed by atoms with Crippen LogP contribution in [-0.2, 0) is 16.1 Å². The van der Waals surface area contributed by atoms with Gasteiger partial charge in [-0.25, -0.2) is 4.68 Å². The number of hydrogen-bond donors (Lipinski definition) is 1. The van der Waals surface area contributed by atoms with Crippen molar-refractivity contribution in [2.75, 3.05) is 17.2 Å². The van der Waals surface area contributed by atoms with Crippen molar-refractivity contribution in [2.45, 2.75) is 32.6 Å². The lowest BCUT2D eigenvalue weighted by Crippen LogP contribution is -2.42. The molecule has 9 heteroatoms. The zero-order valence-corrected chi connectivity index (χ0v) is 25.3. The van der Waals surface area contributed by atoms with E-state index >= 15 is 0 Å². The lowest BCUT2D eigenvalue weighted by molar-refractivity contribution is -0.123. The molecule has 0 radical (unpaired) electrons. The minimum atomic E-state index is -0.247. The Morgan fingerprint density at radius 2 is 1.86 bits per heavy atom. The second-order valence-corrected chi connectivity index (χ2v) is 12.5. The second-order valence-electron chi connectivity index (χ2n) is 10.4. The van der Waals surface area contributed by atoms with Crippen LogP contribution in [0.15, 0.2) is 84.5 Å². The van der Waals surface area contributed by atoms with Gasteiger partial charge in [-0.05, 0) is 61.0 Å². The number of carbonyl (C=O) groups excluding carboxylic acids is 2. The third-order valence-corrected chi connectivity index (χ3v) is 9.82. The Morgan fingerprint density at radius 1 is 1.02 bits per heavy atom. The summed E-state index contributed by atoms with van der Waals surface area (Å²) in [5.41, 5.74) is 7.85. The Morgan fingerprint density at radius 3 is 2.57 bits per heavy atom. The first-order valence-electron chi connectivity index (χ1n) is 13.8. The summed E-state index contributed by atoms with van der Waals surface area (Å²) in [6.07, 6.45) is 3.42. The zero-order valence-electron chi connectivity index (χ0n) is 23.7. The molecule has 0 bridgehead atoms. The SMILES string of the molecule is Cc1ccc(-n2nc(-c3ccccc3)c3c2N(CC(=O)NCc2cccnc2)C(=O)CSC3c2sccc2C)c(C)c1. The first kappa shape index (κ1) is 27.9. The Labute approximate surface area is 253 Å². The Balaban J connectivity index is 1.53. The fourth-order valence-electron chi connectivity index (χ4n) is 5.30. The van der Waals surface area contributed by atoms with Crippen molar-refractivity contribution in [3.8, 4) is 16.9 Å². The Kier molecular flexibility index (Phi) is 7.95. The Hall–Kier alpha value is -4.21. The molecule has 1 N–H and O–H groups in total. The van der Waals surface area contributed by atoms with Crippen LogP contribution < -0.4 is 10.2 Å². The minimum absolute atomic E-state index is 0.117. The number of pyridine rings is 1. The number of carbonyl (C=O) groups is 2. The first-order chi connectivity index (χ1) is 20.4. The van der Waals surface area contributed by atoms with Crippen LogP contribution in [0.5, 0.6) is 0 Å². The van der Waals surface area contributed by atoms with Crippen LogP contribution in [0.1, 0.15) is 37.9 Å². The molecule has 1 unspecified atom stereocenters. The molecule has 4 heterocycles. The van der Waals surface area contributed by atoms with Gasteiger partial charge < -0.3 is 5.32 Å². The van der Waals surface area contributed by atoms with E-state index in [2.05, 4.69) is 66.8 Å². The number of thiophene rings is 1. The number of anilines is 1. The third-order valence-electron chi connectivity index (χ3n) is 7.37. The van der Waals surface area contributed by atoms with Crippen molar-refractivity contribution < 1.29 is 9.59 Å². The first-order valence-corrected chi connectivity index (χ1v) is 15.7. The molecule has 212 valence electrons. The standard InChI is InChI=1S/C33H31N5O2S2/c1-21-11-12-26(23(3)16-21)38-33-29(30(36-38)25-9-5-4-6-10-25)32(31-22(2)13-15-41-31)42-20-28(40)37(33)19-27(39)35-18-24-8-7-14-34-17-24/h4-17,32H,18-20H2,1-3H3,(H,35,39). The van der Waals surface area contributed by atoms with Crippen LogP contribution >= 0.6 is 23.1 Å². The molecule has 1 aliphatic heterocycles. The number of fused-ring (bicyclic) bond motifs is 1. The van der Waals surface area contributed by atoms with Gasteiger partial charge in [0, 0.05) is 34.9 Å². The van der Waals surface area contributed by atoms with E-state index in [4.69, 9.17) is 5.10 Å². The number of aryl methyl sites for hydroxylation is 3. The zero-order chi connectivity index (χ0) is 29.2. The van der Waals surface area contributed by atoms with Gasteiger partial charge >= 0.3 is 0 Å². The molecule has 2 aromatic carbocycles. The number of nitrogens with zero attached hydrogens (tertiary/aromatic N) is 4. The topological polar surface area (TPSA) is 80.1 Å². The average molecular weight is 594 g/mol. The highest BCUT2D eigenvalue weighted by atomic mass is 32.2. The van der Waals surface area contributed by atoms with Crippen LogP contribution in [0.25, 0.3) is 16.9 Å². The van der Waals surface area contributed by atoms with Gasteiger partial charge in [-0.3, -0.25) is 19.5 Å². The van der Waals surface area contributed by atoms with E-state index in [9.17, 15) is 9.59 Å². The van der Waals surface area contributed by atoms with Crippen LogP contribution in [0.2, 0.25) is 0 Å². The summed E-state index contributed by atoms with van der Waals surface area (Å²) in [5, 5.41) is 10.2. The molecule has 0 aliphatic carbocycles. The van der Waals surface area contributed by atoms with Gasteiger partial charge in [0.2, 0.25) is 11.8 Å². The molecule has 0 fully saturated rings. The monoisotopic (exact) mass is 593 g/mol. The third kappa shape index (κ3) is 5.49. The largest absolute Gasteiger partial charge is 0.350 e. The van der Waals surface area contributed by atoms with Crippen molar-refractivity contribution in [3.05, 3.63) is 117 Å². The highest BCUT2D eigenvalue weighted by Crippen LogP contribution is 2.50. The summed E-state index contributed by atoms with van der Waals surface area (Å²) in [6.45, 7) is 6.44. The van der Waals surface area contributed by atoms with Crippen LogP contribution in [0.4, 0.5) is 5.82 Å². The summed E-state index contributed by atoms with van der Waals surface area (Å²) < 4.78 is 1.88. The average Bonchev–Trinajstić information content (AvgIpc) is 3.56. The lowest BCUT2D eigenvalue weighted by atomic mass is 10.0. The number of hydrogen-bond acceptors (Lipinski definition) is 6. The number of rotatable bonds is 7. The summed E-state index contributed by atoms with van der Waals surface area (Å²) in [4.78, 5) is 34.3. The van der Waals surface area contributed by atoms with Gasteiger partial charge in [-0.1, -0.05) is 54.1 Å². The van der Waals surface area contributed by atoms with E-state index in [1.54, 1.807) is 40.4 Å². The summed E-state index contributed by atoms with van der Waals surface area (Å²) in [6, 6.07) is 22.2. The van der Waals surface area contributed by atoms with Crippen molar-refractivity contribution in [2.24, 2.45) is 0 Å². The molecule has 7 nitrogen and oxygen atoms in total. The van der Waals surface area contributed by atoms with Gasteiger partial charge in [0.15, 0.2) is 0 Å². The van der Waals surface area contributed by atoms with Crippen LogP contribution in [0, 0.1) is 20.8 Å². The van der Waals surface area contributed by atoms with Gasteiger partial charge in [-0.2, -0.15) is 5.10 Å². The molecule has 2 amide bonds. The fourth-order valence-corrected chi connectivity index (χ4v) is 7.77. The van der Waals surface area contributed by atoms with E-state index in [-0.39, 0.29) is 29.4 Å². The number of nitrogens with one attached hydrogen (secondary N) is 1. The lowest BCUT2D eigenvalue weighted by Gasteiger charge is -2.24. The van der Waals surface area contributed by atoms with Crippen molar-refractivity contribution in [1.82, 2.24) is 20.1 Å². The maximum atomic E-state index is 13.9. The van der Waals surface area contributed by atoms with Gasteiger partial charge in [0.05, 0.1) is 22.4 Å². The van der Waals surface area contributed by atoms with Crippen LogP contribution in [-0.4, -0.2) is 38.9 Å². The molecule has 6 rings (SSSR count). The van der Waals surface area contributed by atoms with E-state index in [1.165, 1.54) is 10.4 Å². The highest BCUT2D eigenvalue weighted by Gasteiger charge is 2.38. The van der Waals surface area contributed by atoms with E-state index in [0.717, 1.165) is 39.2 Å². The van der Waals surface area contributed by atoms with Gasteiger partial charge in [0.25, 0.3) is 0 Å². The number of aromatic nitrogens is 3. The molecule has 5 aromatic rings. The number of benzene rings is 2. The van der Waals surface area contributed by atoms with E-state index in [0.29, 0.717) is 12.4 Å². The summed E-state index contributed by atoms with van der Waals surface area (Å²) in [5.74, 6) is 0.516. The smallest absolute Gasteiger partial charge is 0.240 e.